The third-order valence-corrected chi connectivity index (χ3v) is 4.70. The second-order valence-corrected chi connectivity index (χ2v) is 5.66. The first-order valence-electron chi connectivity index (χ1n) is 7.17. The highest BCUT2D eigenvalue weighted by molar-refractivity contribution is 5.04. The van der Waals surface area contributed by atoms with Crippen LogP contribution in [0.1, 0.15) is 46.5 Å². The normalized spacial score (nSPS) is 41.5. The molecule has 0 bridgehead atoms. The molecular weight excluding hydrogens is 214 g/mol. The fraction of sp³-hybridized carbons (Fsp3) is 1.00. The first kappa shape index (κ1) is 13.3. The van der Waals surface area contributed by atoms with Crippen LogP contribution in [0.5, 0.6) is 0 Å². The molecule has 4 atom stereocenters. The highest BCUT2D eigenvalue weighted by Crippen LogP contribution is 2.46. The van der Waals surface area contributed by atoms with Gasteiger partial charge in [-0.1, -0.05) is 20.8 Å². The molecule has 0 aromatic carbocycles. The zero-order valence-corrected chi connectivity index (χ0v) is 11.5. The van der Waals surface area contributed by atoms with Crippen LogP contribution in [0.2, 0.25) is 0 Å². The number of hydrogen-bond donors (Lipinski definition) is 1. The minimum atomic E-state index is 0.314. The first-order chi connectivity index (χ1) is 8.20. The Balaban J connectivity index is 1.77. The molecule has 0 aromatic rings. The van der Waals surface area contributed by atoms with Gasteiger partial charge in [0.2, 0.25) is 0 Å². The van der Waals surface area contributed by atoms with Gasteiger partial charge >= 0.3 is 0 Å². The van der Waals surface area contributed by atoms with Crippen molar-refractivity contribution in [1.29, 1.82) is 0 Å². The third kappa shape index (κ3) is 2.67. The van der Waals surface area contributed by atoms with E-state index in [1.807, 2.05) is 0 Å². The lowest BCUT2D eigenvalue weighted by Crippen LogP contribution is -2.62. The number of rotatable bonds is 6. The molecule has 2 rings (SSSR count). The summed E-state index contributed by atoms with van der Waals surface area (Å²) in [7, 11) is 0. The Morgan fingerprint density at radius 3 is 2.82 bits per heavy atom. The summed E-state index contributed by atoms with van der Waals surface area (Å²) in [4.78, 5) is 0. The molecule has 2 aliphatic rings. The van der Waals surface area contributed by atoms with E-state index in [0.717, 1.165) is 26.2 Å². The standard InChI is InChI=1S/C14H27NO2/c1-4-14(3)12(15-5-2)9-13(14)17-10-11-7-6-8-16-11/h11-13,15H,4-10H2,1-3H3. The van der Waals surface area contributed by atoms with Crippen molar-refractivity contribution >= 4 is 0 Å². The molecule has 3 nitrogen and oxygen atoms in total. The zero-order chi connectivity index (χ0) is 12.3. The molecule has 0 radical (unpaired) electrons. The van der Waals surface area contributed by atoms with E-state index in [9.17, 15) is 0 Å². The van der Waals surface area contributed by atoms with Crippen molar-refractivity contribution < 1.29 is 9.47 Å². The second-order valence-electron chi connectivity index (χ2n) is 5.66. The van der Waals surface area contributed by atoms with Gasteiger partial charge in [0.05, 0.1) is 18.8 Å². The lowest BCUT2D eigenvalue weighted by molar-refractivity contribution is -0.145. The van der Waals surface area contributed by atoms with Crippen LogP contribution in [-0.2, 0) is 9.47 Å². The van der Waals surface area contributed by atoms with E-state index in [0.29, 0.717) is 23.7 Å². The van der Waals surface area contributed by atoms with E-state index in [1.165, 1.54) is 19.3 Å². The Hall–Kier alpha value is -0.120. The molecule has 2 fully saturated rings. The second kappa shape index (κ2) is 5.68. The van der Waals surface area contributed by atoms with Crippen LogP contribution in [0.4, 0.5) is 0 Å². The number of nitrogens with one attached hydrogen (secondary N) is 1. The molecule has 0 aromatic heterocycles. The van der Waals surface area contributed by atoms with Crippen molar-refractivity contribution in [3.8, 4) is 0 Å². The van der Waals surface area contributed by atoms with Crippen molar-refractivity contribution in [2.75, 3.05) is 19.8 Å². The Labute approximate surface area is 105 Å². The Bertz CT molecular complexity index is 240. The van der Waals surface area contributed by atoms with Crippen LogP contribution in [-0.4, -0.2) is 38.0 Å². The SMILES string of the molecule is CCNC1CC(OCC2CCCO2)C1(C)CC. The van der Waals surface area contributed by atoms with Crippen molar-refractivity contribution in [3.05, 3.63) is 0 Å². The fourth-order valence-corrected chi connectivity index (χ4v) is 3.11. The summed E-state index contributed by atoms with van der Waals surface area (Å²) in [5.41, 5.74) is 0.314. The average Bonchev–Trinajstić information content (AvgIpc) is 2.84. The number of hydrogen-bond acceptors (Lipinski definition) is 3. The first-order valence-corrected chi connectivity index (χ1v) is 7.17. The highest BCUT2D eigenvalue weighted by Gasteiger charge is 2.50. The Morgan fingerprint density at radius 2 is 2.24 bits per heavy atom. The molecule has 1 saturated carbocycles. The average molecular weight is 241 g/mol. The molecule has 1 saturated heterocycles. The topological polar surface area (TPSA) is 30.5 Å². The van der Waals surface area contributed by atoms with Crippen LogP contribution in [0.3, 0.4) is 0 Å². The minimum Gasteiger partial charge on any atom is -0.376 e. The monoisotopic (exact) mass is 241 g/mol. The van der Waals surface area contributed by atoms with E-state index in [4.69, 9.17) is 9.47 Å². The molecule has 1 heterocycles. The van der Waals surface area contributed by atoms with E-state index in [1.54, 1.807) is 0 Å². The van der Waals surface area contributed by atoms with Crippen molar-refractivity contribution in [1.82, 2.24) is 5.32 Å². The number of ether oxygens (including phenoxy) is 2. The van der Waals surface area contributed by atoms with E-state index >= 15 is 0 Å². The maximum absolute atomic E-state index is 6.08. The van der Waals surface area contributed by atoms with Gasteiger partial charge in [-0.15, -0.1) is 0 Å². The van der Waals surface area contributed by atoms with Crippen LogP contribution < -0.4 is 5.32 Å². The lowest BCUT2D eigenvalue weighted by atomic mass is 9.61. The minimum absolute atomic E-state index is 0.314. The largest absolute Gasteiger partial charge is 0.376 e. The van der Waals surface area contributed by atoms with Gasteiger partial charge < -0.3 is 14.8 Å². The predicted octanol–water partition coefficient (Wildman–Crippen LogP) is 2.35. The molecule has 0 spiro atoms. The summed E-state index contributed by atoms with van der Waals surface area (Å²) >= 11 is 0. The molecule has 3 heteroatoms. The molecule has 1 N–H and O–H groups in total. The van der Waals surface area contributed by atoms with Crippen molar-refractivity contribution in [3.63, 3.8) is 0 Å². The molecule has 100 valence electrons. The van der Waals surface area contributed by atoms with Gasteiger partial charge in [0, 0.05) is 18.1 Å². The molecule has 4 unspecified atom stereocenters. The summed E-state index contributed by atoms with van der Waals surface area (Å²) < 4.78 is 11.7. The lowest BCUT2D eigenvalue weighted by Gasteiger charge is -2.54. The van der Waals surface area contributed by atoms with E-state index < -0.39 is 0 Å². The molecular formula is C14H27NO2. The van der Waals surface area contributed by atoms with E-state index in [2.05, 4.69) is 26.1 Å². The maximum Gasteiger partial charge on any atom is 0.0809 e. The van der Waals surface area contributed by atoms with Gasteiger partial charge in [0.15, 0.2) is 0 Å². The quantitative estimate of drug-likeness (QED) is 0.774. The molecule has 1 aliphatic carbocycles. The van der Waals surface area contributed by atoms with Gasteiger partial charge in [-0.25, -0.2) is 0 Å². The van der Waals surface area contributed by atoms with Crippen molar-refractivity contribution in [2.24, 2.45) is 5.41 Å². The molecule has 1 aliphatic heterocycles. The van der Waals surface area contributed by atoms with Gasteiger partial charge in [-0.2, -0.15) is 0 Å². The van der Waals surface area contributed by atoms with E-state index in [-0.39, 0.29) is 0 Å². The summed E-state index contributed by atoms with van der Waals surface area (Å²) in [5.74, 6) is 0. The molecule has 17 heavy (non-hydrogen) atoms. The van der Waals surface area contributed by atoms with Gasteiger partial charge in [0.25, 0.3) is 0 Å². The summed E-state index contributed by atoms with van der Waals surface area (Å²) in [5, 5.41) is 3.57. The summed E-state index contributed by atoms with van der Waals surface area (Å²) in [6, 6.07) is 0.631. The summed E-state index contributed by atoms with van der Waals surface area (Å²) in [6.07, 6.45) is 5.48. The van der Waals surface area contributed by atoms with Gasteiger partial charge in [0.1, 0.15) is 0 Å². The Morgan fingerprint density at radius 1 is 1.41 bits per heavy atom. The predicted molar refractivity (Wildman–Crippen MR) is 69.2 cm³/mol. The Kier molecular flexibility index (Phi) is 4.45. The van der Waals surface area contributed by atoms with Gasteiger partial charge in [-0.3, -0.25) is 0 Å². The van der Waals surface area contributed by atoms with Crippen LogP contribution in [0, 0.1) is 5.41 Å². The fourth-order valence-electron chi connectivity index (χ4n) is 3.11. The highest BCUT2D eigenvalue weighted by atomic mass is 16.5. The van der Waals surface area contributed by atoms with Gasteiger partial charge in [-0.05, 0) is 32.2 Å². The van der Waals surface area contributed by atoms with Crippen LogP contribution >= 0.6 is 0 Å². The molecule has 0 amide bonds. The van der Waals surface area contributed by atoms with Crippen molar-refractivity contribution in [2.45, 2.75) is 64.7 Å². The zero-order valence-electron chi connectivity index (χ0n) is 11.5. The van der Waals surface area contributed by atoms with Crippen LogP contribution in [0.15, 0.2) is 0 Å². The summed E-state index contributed by atoms with van der Waals surface area (Å²) in [6.45, 7) is 9.56. The van der Waals surface area contributed by atoms with Crippen LogP contribution in [0.25, 0.3) is 0 Å². The third-order valence-electron chi connectivity index (χ3n) is 4.70. The maximum atomic E-state index is 6.08. The smallest absolute Gasteiger partial charge is 0.0809 e.